The monoisotopic (exact) mass is 468 g/mol. The molecule has 0 aliphatic carbocycles. The minimum atomic E-state index is -0.895. The lowest BCUT2D eigenvalue weighted by molar-refractivity contribution is -0.144. The van der Waals surface area contributed by atoms with Crippen molar-refractivity contribution in [3.05, 3.63) is 53.6 Å². The number of ether oxygens (including phenoxy) is 3. The maximum absolute atomic E-state index is 13.1. The van der Waals surface area contributed by atoms with Crippen molar-refractivity contribution in [3.63, 3.8) is 0 Å². The zero-order valence-corrected chi connectivity index (χ0v) is 20.1. The van der Waals surface area contributed by atoms with E-state index in [1.165, 1.54) is 0 Å². The number of likely N-dealkylation sites (tertiary alicyclic amines) is 1. The number of carbonyl (C=O) groups excluding carboxylic acids is 1. The fourth-order valence-electron chi connectivity index (χ4n) is 4.88. The van der Waals surface area contributed by atoms with E-state index in [9.17, 15) is 14.7 Å². The summed E-state index contributed by atoms with van der Waals surface area (Å²) in [5, 5.41) is 10.4. The normalized spacial score (nSPS) is 22.4. The lowest BCUT2D eigenvalue weighted by Gasteiger charge is -2.30. The van der Waals surface area contributed by atoms with Gasteiger partial charge in [0.05, 0.1) is 19.6 Å². The number of nitrogens with zero attached hydrogens (tertiary/aromatic N) is 2. The van der Waals surface area contributed by atoms with Gasteiger partial charge in [0.1, 0.15) is 5.75 Å². The molecule has 2 heterocycles. The molecule has 2 aliphatic heterocycles. The van der Waals surface area contributed by atoms with E-state index in [-0.39, 0.29) is 31.2 Å². The summed E-state index contributed by atoms with van der Waals surface area (Å²) < 4.78 is 16.2. The Balaban J connectivity index is 1.71. The molecule has 2 aromatic rings. The van der Waals surface area contributed by atoms with Crippen LogP contribution in [0.1, 0.15) is 43.4 Å². The lowest BCUT2D eigenvalue weighted by Crippen LogP contribution is -2.42. The molecule has 0 radical (unpaired) electrons. The van der Waals surface area contributed by atoms with Crippen molar-refractivity contribution in [1.82, 2.24) is 9.80 Å². The van der Waals surface area contributed by atoms with Crippen molar-refractivity contribution < 1.29 is 28.9 Å². The van der Waals surface area contributed by atoms with Crippen molar-refractivity contribution >= 4 is 11.9 Å². The molecule has 0 bridgehead atoms. The van der Waals surface area contributed by atoms with Gasteiger partial charge in [0.2, 0.25) is 12.7 Å². The van der Waals surface area contributed by atoms with E-state index in [1.54, 1.807) is 19.1 Å². The molecule has 1 fully saturated rings. The Morgan fingerprint density at radius 2 is 1.82 bits per heavy atom. The first-order chi connectivity index (χ1) is 16.3. The highest BCUT2D eigenvalue weighted by Crippen LogP contribution is 2.47. The second-order valence-electron chi connectivity index (χ2n) is 8.99. The molecule has 4 atom stereocenters. The quantitative estimate of drug-likeness (QED) is 0.634. The molecule has 8 nitrogen and oxygen atoms in total. The van der Waals surface area contributed by atoms with Gasteiger partial charge in [0, 0.05) is 31.6 Å². The molecule has 182 valence electrons. The minimum Gasteiger partial charge on any atom is -0.497 e. The summed E-state index contributed by atoms with van der Waals surface area (Å²) in [5.41, 5.74) is 1.70. The van der Waals surface area contributed by atoms with Gasteiger partial charge in [0.15, 0.2) is 11.5 Å². The number of hydrogen-bond acceptors (Lipinski definition) is 6. The summed E-state index contributed by atoms with van der Waals surface area (Å²) in [7, 11) is 3.40. The highest BCUT2D eigenvalue weighted by atomic mass is 16.7. The molecular formula is C26H32N2O6. The van der Waals surface area contributed by atoms with E-state index in [2.05, 4.69) is 0 Å². The fraction of sp³-hybridized carbons (Fsp3) is 0.462. The third-order valence-electron chi connectivity index (χ3n) is 7.15. The van der Waals surface area contributed by atoms with Crippen LogP contribution in [0.25, 0.3) is 0 Å². The molecule has 2 aliphatic rings. The zero-order chi connectivity index (χ0) is 24.4. The summed E-state index contributed by atoms with van der Waals surface area (Å²) >= 11 is 0. The van der Waals surface area contributed by atoms with Crippen LogP contribution in [0.4, 0.5) is 0 Å². The summed E-state index contributed by atoms with van der Waals surface area (Å²) in [4.78, 5) is 29.5. The number of likely N-dealkylation sites (N-methyl/N-ethyl adjacent to an activating group) is 1. The van der Waals surface area contributed by atoms with E-state index in [4.69, 9.17) is 14.2 Å². The van der Waals surface area contributed by atoms with Crippen LogP contribution < -0.4 is 14.2 Å². The highest BCUT2D eigenvalue weighted by molar-refractivity contribution is 5.79. The Morgan fingerprint density at radius 3 is 2.47 bits per heavy atom. The van der Waals surface area contributed by atoms with Crippen LogP contribution in [0, 0.1) is 5.92 Å². The van der Waals surface area contributed by atoms with Gasteiger partial charge < -0.3 is 24.2 Å². The van der Waals surface area contributed by atoms with Crippen molar-refractivity contribution in [3.8, 4) is 17.2 Å². The number of carbonyl (C=O) groups is 2. The predicted octanol–water partition coefficient (Wildman–Crippen LogP) is 3.52. The molecule has 1 saturated heterocycles. The van der Waals surface area contributed by atoms with E-state index < -0.39 is 17.9 Å². The number of benzene rings is 2. The van der Waals surface area contributed by atoms with E-state index >= 15 is 0 Å². The highest BCUT2D eigenvalue weighted by Gasteiger charge is 2.48. The number of rotatable bonds is 8. The van der Waals surface area contributed by atoms with Crippen LogP contribution >= 0.6 is 0 Å². The number of fused-ring (bicyclic) bond motifs is 1. The van der Waals surface area contributed by atoms with Gasteiger partial charge in [-0.1, -0.05) is 25.1 Å². The first kappa shape index (κ1) is 23.9. The summed E-state index contributed by atoms with van der Waals surface area (Å²) in [5.74, 6) is -0.00962. The first-order valence-electron chi connectivity index (χ1n) is 11.6. The number of aliphatic carboxylic acids is 1. The summed E-state index contributed by atoms with van der Waals surface area (Å²) in [6, 6.07) is 12.7. The predicted molar refractivity (Wildman–Crippen MR) is 126 cm³/mol. The molecule has 0 aromatic heterocycles. The average Bonchev–Trinajstić information content (AvgIpc) is 3.47. The average molecular weight is 469 g/mol. The molecule has 0 spiro atoms. The van der Waals surface area contributed by atoms with Gasteiger partial charge in [-0.2, -0.15) is 0 Å². The molecular weight excluding hydrogens is 436 g/mol. The first-order valence-corrected chi connectivity index (χ1v) is 11.6. The smallest absolute Gasteiger partial charge is 0.309 e. The second-order valence-corrected chi connectivity index (χ2v) is 8.99. The number of amides is 1. The van der Waals surface area contributed by atoms with E-state index in [1.807, 2.05) is 61.2 Å². The van der Waals surface area contributed by atoms with Crippen molar-refractivity contribution in [1.29, 1.82) is 0 Å². The van der Waals surface area contributed by atoms with Crippen LogP contribution in [-0.4, -0.2) is 66.9 Å². The van der Waals surface area contributed by atoms with Gasteiger partial charge in [0.25, 0.3) is 0 Å². The molecule has 1 amide bonds. The maximum atomic E-state index is 13.1. The Labute approximate surface area is 200 Å². The second kappa shape index (κ2) is 9.93. The maximum Gasteiger partial charge on any atom is 0.309 e. The van der Waals surface area contributed by atoms with Crippen LogP contribution in [0.5, 0.6) is 17.2 Å². The molecule has 8 heteroatoms. The Kier molecular flexibility index (Phi) is 6.97. The SMILES string of the molecule is CCC(C)N(C)C(=O)CN1C[C@H](c2ccc3c(c2)OCO3)[C@H](C(=O)O)[C@H]1c1ccc(OC)cc1. The van der Waals surface area contributed by atoms with E-state index in [0.29, 0.717) is 23.8 Å². The van der Waals surface area contributed by atoms with Crippen molar-refractivity contribution in [2.45, 2.75) is 38.3 Å². The lowest BCUT2D eigenvalue weighted by atomic mass is 9.82. The zero-order valence-electron chi connectivity index (χ0n) is 20.1. The van der Waals surface area contributed by atoms with Gasteiger partial charge in [-0.25, -0.2) is 0 Å². The number of carboxylic acid groups (broad SMARTS) is 1. The fourth-order valence-corrected chi connectivity index (χ4v) is 4.88. The third-order valence-corrected chi connectivity index (χ3v) is 7.15. The van der Waals surface area contributed by atoms with Crippen LogP contribution in [0.15, 0.2) is 42.5 Å². The van der Waals surface area contributed by atoms with Crippen molar-refractivity contribution in [2.24, 2.45) is 5.92 Å². The summed E-state index contributed by atoms with van der Waals surface area (Å²) in [6.07, 6.45) is 0.849. The molecule has 4 rings (SSSR count). The van der Waals surface area contributed by atoms with Gasteiger partial charge >= 0.3 is 5.97 Å². The Bertz CT molecular complexity index is 1040. The largest absolute Gasteiger partial charge is 0.497 e. The molecule has 0 saturated carbocycles. The molecule has 2 aromatic carbocycles. The Hall–Kier alpha value is -3.26. The van der Waals surface area contributed by atoms with Crippen LogP contribution in [-0.2, 0) is 9.59 Å². The number of carboxylic acids is 1. The van der Waals surface area contributed by atoms with Crippen LogP contribution in [0.2, 0.25) is 0 Å². The Morgan fingerprint density at radius 1 is 1.15 bits per heavy atom. The molecule has 34 heavy (non-hydrogen) atoms. The minimum absolute atomic E-state index is 0.0247. The number of hydrogen-bond donors (Lipinski definition) is 1. The van der Waals surface area contributed by atoms with Crippen molar-refractivity contribution in [2.75, 3.05) is 34.0 Å². The topological polar surface area (TPSA) is 88.5 Å². The van der Waals surface area contributed by atoms with E-state index in [0.717, 1.165) is 17.5 Å². The van der Waals surface area contributed by atoms with Gasteiger partial charge in [-0.3, -0.25) is 14.5 Å². The summed E-state index contributed by atoms with van der Waals surface area (Å²) in [6.45, 7) is 4.79. The third kappa shape index (κ3) is 4.55. The van der Waals surface area contributed by atoms with Gasteiger partial charge in [-0.05, 0) is 48.7 Å². The standard InChI is InChI=1S/C26H32N2O6/c1-5-16(2)27(3)23(29)14-28-13-20(18-8-11-21-22(12-18)34-15-33-21)24(26(30)31)25(28)17-6-9-19(32-4)10-7-17/h6-12,16,20,24-25H,5,13-15H2,1-4H3,(H,30,31)/t16?,20-,24+,25-/m1/s1. The molecule has 1 N–H and O–H groups in total. The van der Waals surface area contributed by atoms with Crippen LogP contribution in [0.3, 0.4) is 0 Å². The number of methoxy groups -OCH3 is 1. The van der Waals surface area contributed by atoms with Gasteiger partial charge in [-0.15, -0.1) is 0 Å². The molecule has 1 unspecified atom stereocenters.